The van der Waals surface area contributed by atoms with Crippen LogP contribution in [0.4, 0.5) is 0 Å². The lowest BCUT2D eigenvalue weighted by Gasteiger charge is -2.24. The van der Waals surface area contributed by atoms with E-state index in [-0.39, 0.29) is 24.0 Å². The summed E-state index contributed by atoms with van der Waals surface area (Å²) in [6.07, 6.45) is 6.43. The van der Waals surface area contributed by atoms with Crippen LogP contribution >= 0.6 is 24.0 Å². The van der Waals surface area contributed by atoms with Gasteiger partial charge in [0.25, 0.3) is 0 Å². The predicted molar refractivity (Wildman–Crippen MR) is 128 cm³/mol. The minimum Gasteiger partial charge on any atom is -0.357 e. The Balaban J connectivity index is 0.00000364. The summed E-state index contributed by atoms with van der Waals surface area (Å²) in [6.45, 7) is 17.2. The van der Waals surface area contributed by atoms with Crippen LogP contribution in [0.5, 0.6) is 0 Å². The molecule has 0 amide bonds. The van der Waals surface area contributed by atoms with Crippen LogP contribution in [0, 0.1) is 11.8 Å². The van der Waals surface area contributed by atoms with Crippen LogP contribution in [0.15, 0.2) is 4.99 Å². The molecule has 1 N–H and O–H groups in total. The Morgan fingerprint density at radius 2 is 1.85 bits per heavy atom. The lowest BCUT2D eigenvalue weighted by atomic mass is 9.87. The van der Waals surface area contributed by atoms with Gasteiger partial charge in [0.05, 0.1) is 0 Å². The standard InChI is InChI=1S/C21H43N5.HI/c1-5-19(6-2)20-10-15-26(18-20)21(22-7-3)23-11-8-13-25-14-9-12-24(4)16-17-25;/h19-20H,5-18H2,1-4H3,(H,22,23);1H. The number of likely N-dealkylation sites (tertiary alicyclic amines) is 1. The van der Waals surface area contributed by atoms with Crippen molar-refractivity contribution in [3.05, 3.63) is 0 Å². The van der Waals surface area contributed by atoms with Crippen molar-refractivity contribution in [3.8, 4) is 0 Å². The molecule has 0 aromatic rings. The highest BCUT2D eigenvalue weighted by atomic mass is 127. The Hall–Kier alpha value is -0.0800. The monoisotopic (exact) mass is 493 g/mol. The third kappa shape index (κ3) is 8.44. The molecular formula is C21H44IN5. The first kappa shape index (κ1) is 25.0. The second kappa shape index (κ2) is 14.0. The Labute approximate surface area is 185 Å². The van der Waals surface area contributed by atoms with Crippen LogP contribution in [0.3, 0.4) is 0 Å². The minimum absolute atomic E-state index is 0. The van der Waals surface area contributed by atoms with Crippen LogP contribution in [-0.4, -0.2) is 86.6 Å². The van der Waals surface area contributed by atoms with Gasteiger partial charge in [0, 0.05) is 39.3 Å². The van der Waals surface area contributed by atoms with Crippen LogP contribution in [-0.2, 0) is 0 Å². The smallest absolute Gasteiger partial charge is 0.193 e. The van der Waals surface area contributed by atoms with Crippen LogP contribution in [0.25, 0.3) is 0 Å². The molecule has 2 aliphatic rings. The molecule has 0 spiro atoms. The molecule has 0 aromatic carbocycles. The fraction of sp³-hybridized carbons (Fsp3) is 0.952. The molecule has 2 heterocycles. The molecule has 2 saturated heterocycles. The third-order valence-electron chi connectivity index (χ3n) is 6.28. The maximum atomic E-state index is 4.96. The van der Waals surface area contributed by atoms with Gasteiger partial charge in [-0.25, -0.2) is 0 Å². The maximum Gasteiger partial charge on any atom is 0.193 e. The van der Waals surface area contributed by atoms with Gasteiger partial charge in [-0.3, -0.25) is 4.99 Å². The van der Waals surface area contributed by atoms with Gasteiger partial charge < -0.3 is 20.0 Å². The molecule has 2 fully saturated rings. The number of hydrogen-bond acceptors (Lipinski definition) is 3. The molecule has 5 nitrogen and oxygen atoms in total. The molecule has 2 aliphatic heterocycles. The molecule has 1 unspecified atom stereocenters. The van der Waals surface area contributed by atoms with E-state index in [1.165, 1.54) is 77.9 Å². The first-order valence-corrected chi connectivity index (χ1v) is 11.1. The van der Waals surface area contributed by atoms with Gasteiger partial charge in [0.1, 0.15) is 0 Å². The summed E-state index contributed by atoms with van der Waals surface area (Å²) in [7, 11) is 2.24. The van der Waals surface area contributed by atoms with Crippen molar-refractivity contribution in [2.24, 2.45) is 16.8 Å². The van der Waals surface area contributed by atoms with Crippen molar-refractivity contribution in [1.29, 1.82) is 0 Å². The topological polar surface area (TPSA) is 34.1 Å². The third-order valence-corrected chi connectivity index (χ3v) is 6.28. The highest BCUT2D eigenvalue weighted by molar-refractivity contribution is 14.0. The quantitative estimate of drug-likeness (QED) is 0.244. The molecular weight excluding hydrogens is 449 g/mol. The van der Waals surface area contributed by atoms with E-state index < -0.39 is 0 Å². The van der Waals surface area contributed by atoms with Gasteiger partial charge in [0.2, 0.25) is 0 Å². The lowest BCUT2D eigenvalue weighted by Crippen LogP contribution is -2.40. The Morgan fingerprint density at radius 3 is 2.56 bits per heavy atom. The molecule has 0 bridgehead atoms. The Kier molecular flexibility index (Phi) is 12.9. The van der Waals surface area contributed by atoms with Gasteiger partial charge in [0.15, 0.2) is 5.96 Å². The highest BCUT2D eigenvalue weighted by Gasteiger charge is 2.29. The zero-order valence-electron chi connectivity index (χ0n) is 18.3. The van der Waals surface area contributed by atoms with Crippen LogP contribution in [0.2, 0.25) is 0 Å². The van der Waals surface area contributed by atoms with E-state index in [1.54, 1.807) is 0 Å². The summed E-state index contributed by atoms with van der Waals surface area (Å²) < 4.78 is 0. The van der Waals surface area contributed by atoms with Gasteiger partial charge in [-0.2, -0.15) is 0 Å². The SMILES string of the molecule is CCNC(=NCCCN1CCCN(C)CC1)N1CCC(C(CC)CC)C1.I. The second-order valence-electron chi connectivity index (χ2n) is 8.16. The molecule has 2 rings (SSSR count). The predicted octanol–water partition coefficient (Wildman–Crippen LogP) is 3.36. The van der Waals surface area contributed by atoms with Gasteiger partial charge in [-0.05, 0) is 64.7 Å². The molecule has 27 heavy (non-hydrogen) atoms. The fourth-order valence-corrected chi connectivity index (χ4v) is 4.55. The van der Waals surface area contributed by atoms with Crippen LogP contribution < -0.4 is 5.32 Å². The van der Waals surface area contributed by atoms with Crippen LogP contribution in [0.1, 0.15) is 52.9 Å². The van der Waals surface area contributed by atoms with Crippen molar-refractivity contribution in [1.82, 2.24) is 20.0 Å². The van der Waals surface area contributed by atoms with Crippen molar-refractivity contribution in [2.75, 3.05) is 66.0 Å². The first-order valence-electron chi connectivity index (χ1n) is 11.1. The largest absolute Gasteiger partial charge is 0.357 e. The summed E-state index contributed by atoms with van der Waals surface area (Å²) in [5.74, 6) is 2.88. The summed E-state index contributed by atoms with van der Waals surface area (Å²) in [6, 6.07) is 0. The van der Waals surface area contributed by atoms with Crippen molar-refractivity contribution in [3.63, 3.8) is 0 Å². The Bertz CT molecular complexity index is 413. The lowest BCUT2D eigenvalue weighted by molar-refractivity contribution is 0.275. The number of aliphatic imine (C=N–C) groups is 1. The van der Waals surface area contributed by atoms with Crippen molar-refractivity contribution in [2.45, 2.75) is 52.9 Å². The van der Waals surface area contributed by atoms with E-state index in [0.29, 0.717) is 0 Å². The Morgan fingerprint density at radius 1 is 1.07 bits per heavy atom. The van der Waals surface area contributed by atoms with Crippen molar-refractivity contribution < 1.29 is 0 Å². The number of nitrogens with zero attached hydrogens (tertiary/aromatic N) is 4. The number of hydrogen-bond donors (Lipinski definition) is 1. The fourth-order valence-electron chi connectivity index (χ4n) is 4.55. The average molecular weight is 494 g/mol. The number of likely N-dealkylation sites (N-methyl/N-ethyl adjacent to an activating group) is 1. The van der Waals surface area contributed by atoms with E-state index in [9.17, 15) is 0 Å². The van der Waals surface area contributed by atoms with E-state index in [1.807, 2.05) is 0 Å². The average Bonchev–Trinajstić information content (AvgIpc) is 3.02. The normalized spacial score (nSPS) is 22.8. The number of nitrogens with one attached hydrogen (secondary N) is 1. The molecule has 160 valence electrons. The zero-order chi connectivity index (χ0) is 18.8. The van der Waals surface area contributed by atoms with Gasteiger partial charge >= 0.3 is 0 Å². The number of guanidine groups is 1. The highest BCUT2D eigenvalue weighted by Crippen LogP contribution is 2.28. The first-order chi connectivity index (χ1) is 12.7. The van der Waals surface area contributed by atoms with E-state index in [0.717, 1.165) is 30.9 Å². The molecule has 6 heteroatoms. The number of rotatable bonds is 8. The van der Waals surface area contributed by atoms with E-state index in [4.69, 9.17) is 4.99 Å². The molecule has 0 aromatic heterocycles. The number of halogens is 1. The van der Waals surface area contributed by atoms with Gasteiger partial charge in [-0.1, -0.05) is 26.7 Å². The van der Waals surface area contributed by atoms with E-state index >= 15 is 0 Å². The summed E-state index contributed by atoms with van der Waals surface area (Å²) in [5, 5.41) is 3.53. The second-order valence-corrected chi connectivity index (χ2v) is 8.16. The molecule has 0 radical (unpaired) electrons. The summed E-state index contributed by atoms with van der Waals surface area (Å²) >= 11 is 0. The van der Waals surface area contributed by atoms with Gasteiger partial charge in [-0.15, -0.1) is 24.0 Å². The maximum absolute atomic E-state index is 4.96. The molecule has 0 saturated carbocycles. The molecule has 1 atom stereocenters. The van der Waals surface area contributed by atoms with Crippen molar-refractivity contribution >= 4 is 29.9 Å². The summed E-state index contributed by atoms with van der Waals surface area (Å²) in [5.41, 5.74) is 0. The zero-order valence-corrected chi connectivity index (χ0v) is 20.6. The minimum atomic E-state index is 0. The summed E-state index contributed by atoms with van der Waals surface area (Å²) in [4.78, 5) is 12.5. The van der Waals surface area contributed by atoms with E-state index in [2.05, 4.69) is 47.8 Å². The molecule has 0 aliphatic carbocycles.